The molecule has 2 heterocycles. The molecule has 0 bridgehead atoms. The van der Waals surface area contributed by atoms with Crippen molar-refractivity contribution in [3.63, 3.8) is 0 Å². The minimum atomic E-state index is 0.124. The van der Waals surface area contributed by atoms with Gasteiger partial charge in [-0.3, -0.25) is 0 Å². The first-order chi connectivity index (χ1) is 16.3. The molecule has 2 aromatic heterocycles. The fraction of sp³-hybridized carbons (Fsp3) is 0.281. The number of hydrogen-bond donors (Lipinski definition) is 0. The van der Waals surface area contributed by atoms with Gasteiger partial charge in [-0.2, -0.15) is 0 Å². The van der Waals surface area contributed by atoms with Crippen LogP contribution in [0.1, 0.15) is 49.4 Å². The Kier molecular flexibility index (Phi) is 4.71. The molecule has 0 spiro atoms. The molecule has 0 saturated carbocycles. The van der Waals surface area contributed by atoms with Gasteiger partial charge in [0.1, 0.15) is 18.2 Å². The van der Waals surface area contributed by atoms with E-state index >= 15 is 0 Å². The van der Waals surface area contributed by atoms with Gasteiger partial charge in [-0.25, -0.2) is 4.57 Å². The first kappa shape index (κ1) is 21.2. The van der Waals surface area contributed by atoms with Crippen molar-refractivity contribution >= 4 is 21.9 Å². The zero-order valence-corrected chi connectivity index (χ0v) is 20.8. The standard InChI is InChI=1S/C32H32NO/c1-20-15-16-26-25-13-9-12-24(22-18-21-10-8-11-23(21)27(19-22)32(2,3)4)30(25)34-31(26)29(20)28-14-6-7-17-33(28)5/h6-7,9,12-19H,8,10-11H2,1-5H3/q+1. The molecule has 34 heavy (non-hydrogen) atoms. The highest BCUT2D eigenvalue weighted by molar-refractivity contribution is 6.13. The van der Waals surface area contributed by atoms with Crippen molar-refractivity contribution in [2.75, 3.05) is 0 Å². The maximum Gasteiger partial charge on any atom is 0.216 e. The SMILES string of the molecule is Cc1ccc2c(oc3c(-c4cc5c(c(C(C)(C)C)c4)CCC5)cccc32)c1-c1cccc[n+]1C. The van der Waals surface area contributed by atoms with Gasteiger partial charge >= 0.3 is 0 Å². The number of aryl methyl sites for hydroxylation is 3. The van der Waals surface area contributed by atoms with Gasteiger partial charge in [0, 0.05) is 28.5 Å². The molecule has 0 unspecified atom stereocenters. The van der Waals surface area contributed by atoms with Gasteiger partial charge in [-0.05, 0) is 65.5 Å². The lowest BCUT2D eigenvalue weighted by Gasteiger charge is -2.24. The van der Waals surface area contributed by atoms with Crippen molar-refractivity contribution in [1.82, 2.24) is 0 Å². The number of benzene rings is 3. The maximum atomic E-state index is 6.79. The van der Waals surface area contributed by atoms with E-state index in [2.05, 4.69) is 106 Å². The third-order valence-corrected chi connectivity index (χ3v) is 7.52. The van der Waals surface area contributed by atoms with E-state index < -0.39 is 0 Å². The molecule has 2 nitrogen and oxygen atoms in total. The maximum absolute atomic E-state index is 6.79. The molecule has 0 atom stereocenters. The highest BCUT2D eigenvalue weighted by Gasteiger charge is 2.26. The van der Waals surface area contributed by atoms with E-state index in [1.165, 1.54) is 69.1 Å². The average molecular weight is 447 g/mol. The smallest absolute Gasteiger partial charge is 0.216 e. The summed E-state index contributed by atoms with van der Waals surface area (Å²) in [6.45, 7) is 9.18. The van der Waals surface area contributed by atoms with Gasteiger partial charge < -0.3 is 4.42 Å². The molecule has 170 valence electrons. The zero-order valence-electron chi connectivity index (χ0n) is 20.8. The summed E-state index contributed by atoms with van der Waals surface area (Å²) in [4.78, 5) is 0. The van der Waals surface area contributed by atoms with E-state index in [9.17, 15) is 0 Å². The minimum absolute atomic E-state index is 0.124. The molecular formula is C32H32NO+. The summed E-state index contributed by atoms with van der Waals surface area (Å²) in [5.41, 5.74) is 12.7. The van der Waals surface area contributed by atoms with Crippen molar-refractivity contribution in [3.05, 3.63) is 89.1 Å². The summed E-state index contributed by atoms with van der Waals surface area (Å²) < 4.78 is 8.96. The van der Waals surface area contributed by atoms with Crippen LogP contribution in [0.25, 0.3) is 44.3 Å². The van der Waals surface area contributed by atoms with Crippen molar-refractivity contribution in [2.45, 2.75) is 52.4 Å². The molecule has 0 radical (unpaired) electrons. The predicted octanol–water partition coefficient (Wildman–Crippen LogP) is 7.84. The van der Waals surface area contributed by atoms with E-state index in [-0.39, 0.29) is 5.41 Å². The van der Waals surface area contributed by atoms with Crippen molar-refractivity contribution in [2.24, 2.45) is 7.05 Å². The normalized spacial score (nSPS) is 13.7. The Balaban J connectivity index is 1.65. The highest BCUT2D eigenvalue weighted by atomic mass is 16.3. The summed E-state index contributed by atoms with van der Waals surface area (Å²) in [5, 5.41) is 2.36. The molecular weight excluding hydrogens is 414 g/mol. The average Bonchev–Trinajstić information content (AvgIpc) is 3.42. The second kappa shape index (κ2) is 7.56. The van der Waals surface area contributed by atoms with Gasteiger partial charge in [0.05, 0.1) is 5.56 Å². The molecule has 0 amide bonds. The third-order valence-electron chi connectivity index (χ3n) is 7.52. The first-order valence-electron chi connectivity index (χ1n) is 12.4. The first-order valence-corrected chi connectivity index (χ1v) is 12.4. The van der Waals surface area contributed by atoms with Crippen LogP contribution in [0.3, 0.4) is 0 Å². The van der Waals surface area contributed by atoms with Gasteiger partial charge in [0.2, 0.25) is 5.69 Å². The van der Waals surface area contributed by atoms with Crippen molar-refractivity contribution in [1.29, 1.82) is 0 Å². The Hall–Kier alpha value is -3.39. The van der Waals surface area contributed by atoms with Crippen LogP contribution in [0.4, 0.5) is 0 Å². The minimum Gasteiger partial charge on any atom is -0.454 e. The van der Waals surface area contributed by atoms with Gasteiger partial charge in [0.15, 0.2) is 6.20 Å². The van der Waals surface area contributed by atoms with Crippen LogP contribution in [0.5, 0.6) is 0 Å². The summed E-state index contributed by atoms with van der Waals surface area (Å²) in [5.74, 6) is 0. The van der Waals surface area contributed by atoms with E-state index in [0.717, 1.165) is 11.2 Å². The summed E-state index contributed by atoms with van der Waals surface area (Å²) in [7, 11) is 2.10. The van der Waals surface area contributed by atoms with Gasteiger partial charge in [-0.15, -0.1) is 0 Å². The van der Waals surface area contributed by atoms with Crippen LogP contribution in [-0.4, -0.2) is 0 Å². The lowest BCUT2D eigenvalue weighted by atomic mass is 9.80. The fourth-order valence-electron chi connectivity index (χ4n) is 5.82. The van der Waals surface area contributed by atoms with E-state index in [1.807, 2.05) is 0 Å². The number of aromatic nitrogens is 1. The van der Waals surface area contributed by atoms with Gasteiger partial charge in [-0.1, -0.05) is 63.2 Å². The lowest BCUT2D eigenvalue weighted by Crippen LogP contribution is -2.30. The van der Waals surface area contributed by atoms with Gasteiger partial charge in [0.25, 0.3) is 0 Å². The number of fused-ring (bicyclic) bond motifs is 4. The predicted molar refractivity (Wildman–Crippen MR) is 141 cm³/mol. The summed E-state index contributed by atoms with van der Waals surface area (Å²) >= 11 is 0. The third kappa shape index (κ3) is 3.20. The Morgan fingerprint density at radius 2 is 1.68 bits per heavy atom. The second-order valence-corrected chi connectivity index (χ2v) is 10.9. The van der Waals surface area contributed by atoms with Crippen LogP contribution in [0.15, 0.2) is 71.3 Å². The fourth-order valence-corrected chi connectivity index (χ4v) is 5.82. The molecule has 3 aromatic carbocycles. The number of rotatable bonds is 2. The van der Waals surface area contributed by atoms with E-state index in [4.69, 9.17) is 4.42 Å². The molecule has 1 aliphatic carbocycles. The van der Waals surface area contributed by atoms with Crippen LogP contribution in [0, 0.1) is 6.92 Å². The Morgan fingerprint density at radius 3 is 2.47 bits per heavy atom. The number of furan rings is 1. The quantitative estimate of drug-likeness (QED) is 0.252. The Bertz CT molecular complexity index is 1580. The Morgan fingerprint density at radius 1 is 0.853 bits per heavy atom. The van der Waals surface area contributed by atoms with Crippen LogP contribution in [0.2, 0.25) is 0 Å². The number of hydrogen-bond acceptors (Lipinski definition) is 1. The molecule has 5 aromatic rings. The van der Waals surface area contributed by atoms with Crippen LogP contribution in [-0.2, 0) is 25.3 Å². The molecule has 0 N–H and O–H groups in total. The van der Waals surface area contributed by atoms with Crippen LogP contribution >= 0.6 is 0 Å². The van der Waals surface area contributed by atoms with E-state index in [1.54, 1.807) is 5.56 Å². The van der Waals surface area contributed by atoms with Crippen LogP contribution < -0.4 is 4.57 Å². The monoisotopic (exact) mass is 446 g/mol. The lowest BCUT2D eigenvalue weighted by molar-refractivity contribution is -0.660. The number of para-hydroxylation sites is 1. The summed E-state index contributed by atoms with van der Waals surface area (Å²) in [6, 6.07) is 22.2. The number of pyridine rings is 1. The van der Waals surface area contributed by atoms with E-state index in [0.29, 0.717) is 0 Å². The summed E-state index contributed by atoms with van der Waals surface area (Å²) in [6.07, 6.45) is 5.73. The van der Waals surface area contributed by atoms with Crippen molar-refractivity contribution < 1.29 is 8.98 Å². The Labute approximate surface area is 201 Å². The molecule has 1 aliphatic rings. The molecule has 0 fully saturated rings. The molecule has 0 saturated heterocycles. The topological polar surface area (TPSA) is 17.0 Å². The largest absolute Gasteiger partial charge is 0.454 e. The molecule has 0 aliphatic heterocycles. The van der Waals surface area contributed by atoms with Crippen molar-refractivity contribution in [3.8, 4) is 22.4 Å². The second-order valence-electron chi connectivity index (χ2n) is 10.9. The molecule has 2 heteroatoms. The zero-order chi connectivity index (χ0) is 23.6. The number of nitrogens with zero attached hydrogens (tertiary/aromatic N) is 1. The highest BCUT2D eigenvalue weighted by Crippen LogP contribution is 2.43. The molecule has 6 rings (SSSR count).